The third-order valence-corrected chi connectivity index (χ3v) is 2.05. The van der Waals surface area contributed by atoms with Crippen molar-refractivity contribution in [3.63, 3.8) is 0 Å². The van der Waals surface area contributed by atoms with Crippen LogP contribution >= 0.6 is 0 Å². The first-order valence-electron chi connectivity index (χ1n) is 5.38. The van der Waals surface area contributed by atoms with E-state index in [1.807, 2.05) is 20.8 Å². The van der Waals surface area contributed by atoms with Crippen LogP contribution in [0.3, 0.4) is 0 Å². The minimum absolute atomic E-state index is 0.0144. The number of hydrogen-bond acceptors (Lipinski definition) is 3. The smallest absolute Gasteiger partial charge is 0.239 e. The molecule has 0 fully saturated rings. The lowest BCUT2D eigenvalue weighted by Gasteiger charge is -2.23. The van der Waals surface area contributed by atoms with Crippen LogP contribution < -0.4 is 16.4 Å². The van der Waals surface area contributed by atoms with Crippen LogP contribution in [0.2, 0.25) is 0 Å². The van der Waals surface area contributed by atoms with E-state index in [1.54, 1.807) is 13.8 Å². The molecular weight excluding hydrogens is 206 g/mol. The maximum Gasteiger partial charge on any atom is 0.239 e. The van der Waals surface area contributed by atoms with E-state index in [4.69, 9.17) is 5.73 Å². The highest BCUT2D eigenvalue weighted by Gasteiger charge is 2.26. The summed E-state index contributed by atoms with van der Waals surface area (Å²) >= 11 is 0. The van der Waals surface area contributed by atoms with Gasteiger partial charge in [0.25, 0.3) is 0 Å². The molecule has 0 heterocycles. The number of rotatable bonds is 4. The molecule has 0 spiro atoms. The van der Waals surface area contributed by atoms with E-state index in [-0.39, 0.29) is 30.4 Å². The van der Waals surface area contributed by atoms with Gasteiger partial charge in [-0.05, 0) is 34.6 Å². The molecule has 2 amide bonds. The molecular formula is C11H23N3O2. The molecule has 0 aromatic heterocycles. The molecule has 0 aliphatic carbocycles. The molecule has 0 saturated carbocycles. The molecule has 0 aliphatic rings. The van der Waals surface area contributed by atoms with Gasteiger partial charge in [0.15, 0.2) is 0 Å². The monoisotopic (exact) mass is 229 g/mol. The normalized spacial score (nSPS) is 12.1. The molecule has 0 saturated heterocycles. The topological polar surface area (TPSA) is 84.2 Å². The van der Waals surface area contributed by atoms with Crippen LogP contribution in [0.15, 0.2) is 0 Å². The van der Waals surface area contributed by atoms with E-state index in [0.717, 1.165) is 0 Å². The summed E-state index contributed by atoms with van der Waals surface area (Å²) in [4.78, 5) is 23.0. The summed E-state index contributed by atoms with van der Waals surface area (Å²) in [5.41, 5.74) is 4.53. The summed E-state index contributed by atoms with van der Waals surface area (Å²) in [6.07, 6.45) is 0. The lowest BCUT2D eigenvalue weighted by Crippen LogP contribution is -2.49. The molecule has 0 unspecified atom stereocenters. The van der Waals surface area contributed by atoms with Gasteiger partial charge in [-0.2, -0.15) is 0 Å². The Morgan fingerprint density at radius 2 is 1.62 bits per heavy atom. The molecule has 0 radical (unpaired) electrons. The maximum atomic E-state index is 11.6. The second-order valence-electron chi connectivity index (χ2n) is 5.57. The molecule has 0 bridgehead atoms. The Labute approximate surface area is 97.2 Å². The number of nitrogens with one attached hydrogen (secondary N) is 2. The average Bonchev–Trinajstić information content (AvgIpc) is 2.11. The fraction of sp³-hybridized carbons (Fsp3) is 0.818. The van der Waals surface area contributed by atoms with Crippen molar-refractivity contribution >= 4 is 11.8 Å². The van der Waals surface area contributed by atoms with E-state index in [1.165, 1.54) is 0 Å². The summed E-state index contributed by atoms with van der Waals surface area (Å²) < 4.78 is 0. The average molecular weight is 229 g/mol. The van der Waals surface area contributed by atoms with E-state index in [9.17, 15) is 9.59 Å². The van der Waals surface area contributed by atoms with Crippen LogP contribution in [0.5, 0.6) is 0 Å². The maximum absolute atomic E-state index is 11.6. The van der Waals surface area contributed by atoms with Crippen LogP contribution in [0, 0.1) is 5.41 Å². The van der Waals surface area contributed by atoms with Crippen LogP contribution in [0.4, 0.5) is 0 Å². The first-order chi connectivity index (χ1) is 7.08. The van der Waals surface area contributed by atoms with Gasteiger partial charge < -0.3 is 16.4 Å². The Morgan fingerprint density at radius 1 is 1.12 bits per heavy atom. The van der Waals surface area contributed by atoms with E-state index >= 15 is 0 Å². The molecule has 0 aromatic rings. The molecule has 4 N–H and O–H groups in total. The van der Waals surface area contributed by atoms with Crippen molar-refractivity contribution in [2.45, 2.75) is 40.2 Å². The fourth-order valence-electron chi connectivity index (χ4n) is 0.955. The predicted molar refractivity (Wildman–Crippen MR) is 63.7 cm³/mol. The number of nitrogens with two attached hydrogens (primary N) is 1. The van der Waals surface area contributed by atoms with Gasteiger partial charge in [-0.3, -0.25) is 9.59 Å². The molecule has 94 valence electrons. The Balaban J connectivity index is 4.08. The van der Waals surface area contributed by atoms with Gasteiger partial charge in [0.2, 0.25) is 11.8 Å². The van der Waals surface area contributed by atoms with Crippen molar-refractivity contribution in [1.29, 1.82) is 0 Å². The number of carbonyl (C=O) groups excluding carboxylic acids is 2. The second kappa shape index (κ2) is 5.30. The largest absolute Gasteiger partial charge is 0.350 e. The number of carbonyl (C=O) groups is 2. The van der Waals surface area contributed by atoms with Crippen LogP contribution in [0.1, 0.15) is 34.6 Å². The zero-order valence-corrected chi connectivity index (χ0v) is 10.8. The zero-order chi connectivity index (χ0) is 13.0. The van der Waals surface area contributed by atoms with Crippen LogP contribution in [0.25, 0.3) is 0 Å². The lowest BCUT2D eigenvalue weighted by molar-refractivity contribution is -0.131. The van der Waals surface area contributed by atoms with Gasteiger partial charge in [0.1, 0.15) is 0 Å². The number of amides is 2. The molecule has 0 rings (SSSR count). The van der Waals surface area contributed by atoms with E-state index in [0.29, 0.717) is 0 Å². The highest BCUT2D eigenvalue weighted by Crippen LogP contribution is 2.11. The van der Waals surface area contributed by atoms with Crippen molar-refractivity contribution in [2.24, 2.45) is 11.1 Å². The predicted octanol–water partition coefficient (Wildman–Crippen LogP) is 0.00220. The van der Waals surface area contributed by atoms with Gasteiger partial charge in [-0.15, -0.1) is 0 Å². The summed E-state index contributed by atoms with van der Waals surface area (Å²) in [5.74, 6) is -0.410. The highest BCUT2D eigenvalue weighted by atomic mass is 16.2. The van der Waals surface area contributed by atoms with Crippen molar-refractivity contribution in [3.8, 4) is 0 Å². The Bertz CT molecular complexity index is 267. The highest BCUT2D eigenvalue weighted by molar-refractivity contribution is 5.87. The first kappa shape index (κ1) is 14.9. The van der Waals surface area contributed by atoms with Gasteiger partial charge in [0, 0.05) is 12.1 Å². The zero-order valence-electron chi connectivity index (χ0n) is 10.8. The minimum atomic E-state index is -0.637. The van der Waals surface area contributed by atoms with Crippen molar-refractivity contribution in [2.75, 3.05) is 13.1 Å². The molecule has 0 aliphatic heterocycles. The van der Waals surface area contributed by atoms with E-state index < -0.39 is 5.41 Å². The number of hydrogen-bond donors (Lipinski definition) is 3. The molecule has 0 aromatic carbocycles. The van der Waals surface area contributed by atoms with Crippen LogP contribution in [-0.4, -0.2) is 30.4 Å². The van der Waals surface area contributed by atoms with Gasteiger partial charge in [-0.25, -0.2) is 0 Å². The lowest BCUT2D eigenvalue weighted by atomic mass is 9.93. The third kappa shape index (κ3) is 5.70. The third-order valence-electron chi connectivity index (χ3n) is 2.05. The van der Waals surface area contributed by atoms with Crippen molar-refractivity contribution in [1.82, 2.24) is 10.6 Å². The fourth-order valence-corrected chi connectivity index (χ4v) is 0.955. The standard InChI is InChI=1S/C11H23N3O2/c1-10(2,3)14-8(15)6-13-9(16)11(4,5)7-12/h6-7,12H2,1-5H3,(H,13,16)(H,14,15). The molecule has 5 heteroatoms. The quantitative estimate of drug-likeness (QED) is 0.634. The van der Waals surface area contributed by atoms with Crippen molar-refractivity contribution < 1.29 is 9.59 Å². The summed E-state index contributed by atoms with van der Waals surface area (Å²) in [6, 6.07) is 0. The van der Waals surface area contributed by atoms with Gasteiger partial charge in [0.05, 0.1) is 12.0 Å². The van der Waals surface area contributed by atoms with Gasteiger partial charge >= 0.3 is 0 Å². The Hall–Kier alpha value is -1.10. The van der Waals surface area contributed by atoms with Crippen molar-refractivity contribution in [3.05, 3.63) is 0 Å². The first-order valence-corrected chi connectivity index (χ1v) is 5.38. The summed E-state index contributed by atoms with van der Waals surface area (Å²) in [6.45, 7) is 9.37. The van der Waals surface area contributed by atoms with E-state index in [2.05, 4.69) is 10.6 Å². The second-order valence-corrected chi connectivity index (χ2v) is 5.57. The Morgan fingerprint density at radius 3 is 2.00 bits per heavy atom. The summed E-state index contributed by atoms with van der Waals surface area (Å²) in [7, 11) is 0. The summed E-state index contributed by atoms with van der Waals surface area (Å²) in [5, 5.41) is 5.32. The molecule has 16 heavy (non-hydrogen) atoms. The minimum Gasteiger partial charge on any atom is -0.350 e. The van der Waals surface area contributed by atoms with Crippen LogP contribution in [-0.2, 0) is 9.59 Å². The van der Waals surface area contributed by atoms with Gasteiger partial charge in [-0.1, -0.05) is 0 Å². The molecule has 5 nitrogen and oxygen atoms in total. The SMILES string of the molecule is CC(C)(C)NC(=O)CNC(=O)C(C)(C)CN. The Kier molecular flexibility index (Phi) is 4.93. The molecule has 0 atom stereocenters.